The molecule has 206 valence electrons. The number of likely N-dealkylation sites (N-methyl/N-ethyl adjacent to an activating group) is 1. The number of nitrogens with zero attached hydrogens (tertiary/aromatic N) is 4. The minimum Gasteiger partial charge on any atom is -0.487 e. The highest BCUT2D eigenvalue weighted by atomic mass is 32.2. The third-order valence-corrected chi connectivity index (χ3v) is 9.00. The zero-order chi connectivity index (χ0) is 27.7. The van der Waals surface area contributed by atoms with Gasteiger partial charge in [0.2, 0.25) is 16.8 Å². The molecule has 0 fully saturated rings. The van der Waals surface area contributed by atoms with Gasteiger partial charge in [0.15, 0.2) is 11.5 Å². The molecule has 12 heteroatoms. The second-order valence-corrected chi connectivity index (χ2v) is 11.6. The average Bonchev–Trinajstić information content (AvgIpc) is 3.42. The molecule has 1 aromatic heterocycles. The largest absolute Gasteiger partial charge is 0.487 e. The fourth-order valence-electron chi connectivity index (χ4n) is 4.67. The van der Waals surface area contributed by atoms with Crippen molar-refractivity contribution in [3.8, 4) is 28.4 Å². The minimum absolute atomic E-state index is 0.00921. The van der Waals surface area contributed by atoms with Crippen molar-refractivity contribution in [3.63, 3.8) is 0 Å². The molecule has 0 spiro atoms. The first-order valence-electron chi connectivity index (χ1n) is 12.5. The van der Waals surface area contributed by atoms with Crippen LogP contribution in [0.5, 0.6) is 17.2 Å². The van der Waals surface area contributed by atoms with Gasteiger partial charge < -0.3 is 24.2 Å². The van der Waals surface area contributed by atoms with Crippen molar-refractivity contribution >= 4 is 15.9 Å². The van der Waals surface area contributed by atoms with E-state index in [2.05, 4.69) is 9.97 Å². The summed E-state index contributed by atoms with van der Waals surface area (Å²) in [5, 5.41) is 9.86. The predicted octanol–water partition coefficient (Wildman–Crippen LogP) is 2.41. The van der Waals surface area contributed by atoms with Gasteiger partial charge >= 0.3 is 0 Å². The van der Waals surface area contributed by atoms with E-state index in [9.17, 15) is 18.3 Å². The maximum Gasteiger partial charge on any atom is 0.253 e. The summed E-state index contributed by atoms with van der Waals surface area (Å²) in [6.07, 6.45) is 4.11. The molecule has 11 nitrogen and oxygen atoms in total. The maximum absolute atomic E-state index is 13.7. The molecule has 3 aromatic rings. The van der Waals surface area contributed by atoms with Crippen LogP contribution in [0.1, 0.15) is 24.2 Å². The van der Waals surface area contributed by atoms with Gasteiger partial charge in [0.25, 0.3) is 5.91 Å². The molecule has 0 radical (unpaired) electrons. The number of hydrogen-bond donors (Lipinski definition) is 1. The Bertz CT molecular complexity index is 1470. The van der Waals surface area contributed by atoms with E-state index in [1.165, 1.54) is 16.7 Å². The van der Waals surface area contributed by atoms with E-state index in [1.807, 2.05) is 6.92 Å². The zero-order valence-electron chi connectivity index (χ0n) is 21.9. The first-order valence-corrected chi connectivity index (χ1v) is 14.0. The molecule has 1 amide bonds. The van der Waals surface area contributed by atoms with E-state index >= 15 is 0 Å². The lowest BCUT2D eigenvalue weighted by Gasteiger charge is -2.37. The number of fused-ring (bicyclic) bond motifs is 2. The minimum atomic E-state index is -3.99. The Morgan fingerprint density at radius 2 is 1.85 bits per heavy atom. The summed E-state index contributed by atoms with van der Waals surface area (Å²) in [4.78, 5) is 22.9. The Hall–Kier alpha value is -3.74. The molecule has 0 aliphatic carbocycles. The van der Waals surface area contributed by atoms with Gasteiger partial charge in [-0.2, -0.15) is 4.31 Å². The molecule has 1 N–H and O–H groups in total. The molecule has 0 saturated heterocycles. The number of hydrogen-bond acceptors (Lipinski definition) is 9. The van der Waals surface area contributed by atoms with E-state index < -0.39 is 22.2 Å². The van der Waals surface area contributed by atoms with Crippen molar-refractivity contribution in [1.82, 2.24) is 19.2 Å². The molecule has 0 bridgehead atoms. The Balaban J connectivity index is 1.49. The third-order valence-electron chi connectivity index (χ3n) is 6.98. The van der Waals surface area contributed by atoms with E-state index in [0.717, 1.165) is 0 Å². The second kappa shape index (κ2) is 10.8. The fourth-order valence-corrected chi connectivity index (χ4v) is 6.50. The van der Waals surface area contributed by atoms with Crippen molar-refractivity contribution in [2.45, 2.75) is 30.9 Å². The highest BCUT2D eigenvalue weighted by Crippen LogP contribution is 2.37. The van der Waals surface area contributed by atoms with Crippen LogP contribution in [0.25, 0.3) is 11.1 Å². The number of amides is 1. The molecule has 0 unspecified atom stereocenters. The van der Waals surface area contributed by atoms with Crippen molar-refractivity contribution in [1.29, 1.82) is 0 Å². The third kappa shape index (κ3) is 5.27. The molecule has 0 saturated carbocycles. The van der Waals surface area contributed by atoms with Crippen LogP contribution in [0, 0.1) is 5.92 Å². The van der Waals surface area contributed by atoms with Crippen LogP contribution in [0.2, 0.25) is 0 Å². The standard InChI is InChI=1S/C27H30N4O7S/c1-17-12-31(18(2)14-32)39(34,35)26-7-5-19(21-10-28-15-29-11-21)8-24(26)38-25(17)13-30(3)27(33)20-4-6-22-23(9-20)37-16-36-22/h4-11,15,17-18,25,32H,12-14,16H2,1-3H3/t17-,18-,25+/m1/s1. The van der Waals surface area contributed by atoms with Crippen molar-refractivity contribution in [2.75, 3.05) is 33.5 Å². The van der Waals surface area contributed by atoms with Gasteiger partial charge in [-0.15, -0.1) is 0 Å². The first kappa shape index (κ1) is 26.9. The van der Waals surface area contributed by atoms with E-state index in [-0.39, 0.29) is 49.0 Å². The lowest BCUT2D eigenvalue weighted by Crippen LogP contribution is -2.50. The maximum atomic E-state index is 13.7. The van der Waals surface area contributed by atoms with Gasteiger partial charge in [-0.3, -0.25) is 4.79 Å². The lowest BCUT2D eigenvalue weighted by atomic mass is 10.0. The van der Waals surface area contributed by atoms with Crippen molar-refractivity contribution in [2.24, 2.45) is 5.92 Å². The normalized spacial score (nSPS) is 20.7. The molecule has 2 aliphatic rings. The zero-order valence-corrected chi connectivity index (χ0v) is 22.7. The summed E-state index contributed by atoms with van der Waals surface area (Å²) >= 11 is 0. The van der Waals surface area contributed by atoms with Gasteiger partial charge in [-0.05, 0) is 42.8 Å². The fraction of sp³-hybridized carbons (Fsp3) is 0.370. The smallest absolute Gasteiger partial charge is 0.253 e. The van der Waals surface area contributed by atoms with Gasteiger partial charge in [-0.25, -0.2) is 18.4 Å². The SMILES string of the molecule is C[C@@H]1CN([C@H](C)CO)S(=O)(=O)c2ccc(-c3cncnc3)cc2O[C@H]1CN(C)C(=O)c1ccc2c(c1)OCO2. The first-order chi connectivity index (χ1) is 18.7. The summed E-state index contributed by atoms with van der Waals surface area (Å²) in [7, 11) is -2.32. The summed E-state index contributed by atoms with van der Waals surface area (Å²) in [6.45, 7) is 3.60. The highest BCUT2D eigenvalue weighted by molar-refractivity contribution is 7.89. The summed E-state index contributed by atoms with van der Waals surface area (Å²) in [5.74, 6) is 0.691. The molecule has 2 aromatic carbocycles. The van der Waals surface area contributed by atoms with Crippen LogP contribution in [0.15, 0.2) is 60.0 Å². The Morgan fingerprint density at radius 3 is 2.59 bits per heavy atom. The number of carbonyl (C=O) groups excluding carboxylic acids is 1. The topological polar surface area (TPSA) is 131 Å². The molecule has 5 rings (SSSR count). The molecule has 3 atom stereocenters. The Morgan fingerprint density at radius 1 is 1.10 bits per heavy atom. The summed E-state index contributed by atoms with van der Waals surface area (Å²) < 4.78 is 45.9. The molecule has 2 aliphatic heterocycles. The molecular formula is C27H30N4O7S. The van der Waals surface area contributed by atoms with Crippen molar-refractivity contribution in [3.05, 3.63) is 60.7 Å². The van der Waals surface area contributed by atoms with Gasteiger partial charge in [0.05, 0.1) is 13.2 Å². The van der Waals surface area contributed by atoms with Crippen LogP contribution in [-0.4, -0.2) is 84.3 Å². The van der Waals surface area contributed by atoms with Gasteiger partial charge in [-0.1, -0.05) is 13.0 Å². The Labute approximate surface area is 227 Å². The van der Waals surface area contributed by atoms with E-state index in [1.54, 1.807) is 61.6 Å². The number of rotatable bonds is 6. The molecular weight excluding hydrogens is 524 g/mol. The number of carbonyl (C=O) groups is 1. The number of ether oxygens (including phenoxy) is 3. The second-order valence-electron chi connectivity index (χ2n) is 9.78. The molecule has 39 heavy (non-hydrogen) atoms. The molecule has 3 heterocycles. The van der Waals surface area contributed by atoms with E-state index in [4.69, 9.17) is 14.2 Å². The van der Waals surface area contributed by atoms with Gasteiger partial charge in [0, 0.05) is 49.1 Å². The lowest BCUT2D eigenvalue weighted by molar-refractivity contribution is 0.0563. The quantitative estimate of drug-likeness (QED) is 0.488. The van der Waals surface area contributed by atoms with Crippen LogP contribution >= 0.6 is 0 Å². The van der Waals surface area contributed by atoms with Crippen LogP contribution in [0.3, 0.4) is 0 Å². The van der Waals surface area contributed by atoms with Gasteiger partial charge in [0.1, 0.15) is 23.1 Å². The van der Waals surface area contributed by atoms with Crippen LogP contribution in [-0.2, 0) is 10.0 Å². The van der Waals surface area contributed by atoms with Crippen molar-refractivity contribution < 1.29 is 32.5 Å². The summed E-state index contributed by atoms with van der Waals surface area (Å²) in [5.41, 5.74) is 1.82. The highest BCUT2D eigenvalue weighted by Gasteiger charge is 2.38. The number of aromatic nitrogens is 2. The number of aliphatic hydroxyl groups is 1. The van der Waals surface area contributed by atoms with Crippen LogP contribution < -0.4 is 14.2 Å². The Kier molecular flexibility index (Phi) is 7.43. The van der Waals surface area contributed by atoms with E-state index in [0.29, 0.717) is 28.2 Å². The monoisotopic (exact) mass is 554 g/mol. The average molecular weight is 555 g/mol. The number of sulfonamides is 1. The number of benzene rings is 2. The van der Waals surface area contributed by atoms with Crippen LogP contribution in [0.4, 0.5) is 0 Å². The summed E-state index contributed by atoms with van der Waals surface area (Å²) in [6, 6.07) is 9.19. The number of aliphatic hydroxyl groups excluding tert-OH is 1. The predicted molar refractivity (Wildman–Crippen MR) is 141 cm³/mol.